The van der Waals surface area contributed by atoms with E-state index in [1.165, 1.54) is 0 Å². The predicted molar refractivity (Wildman–Crippen MR) is 91.4 cm³/mol. The molecule has 2 N–H and O–H groups in total. The topological polar surface area (TPSA) is 58.2 Å². The fourth-order valence-corrected chi connectivity index (χ4v) is 4.68. The van der Waals surface area contributed by atoms with Gasteiger partial charge in [0.15, 0.2) is 0 Å². The molecule has 21 heavy (non-hydrogen) atoms. The zero-order valence-corrected chi connectivity index (χ0v) is 14.9. The first-order valence-electron chi connectivity index (χ1n) is 7.26. The molecule has 0 bridgehead atoms. The van der Waals surface area contributed by atoms with Gasteiger partial charge < -0.3 is 5.32 Å². The summed E-state index contributed by atoms with van der Waals surface area (Å²) in [5, 5.41) is 3.05. The summed E-state index contributed by atoms with van der Waals surface area (Å²) in [5.74, 6) is 0.785. The molecule has 120 valence electrons. The first kappa shape index (κ1) is 18.5. The van der Waals surface area contributed by atoms with Crippen LogP contribution in [0.5, 0.6) is 0 Å². The van der Waals surface area contributed by atoms with Crippen molar-refractivity contribution in [1.82, 2.24) is 10.0 Å². The maximum Gasteiger partial charge on any atom is 0.241 e. The minimum Gasteiger partial charge on any atom is -0.316 e. The number of rotatable bonds is 9. The van der Waals surface area contributed by atoms with Crippen LogP contribution in [0.2, 0.25) is 0 Å². The second-order valence-electron chi connectivity index (χ2n) is 5.01. The van der Waals surface area contributed by atoms with Gasteiger partial charge in [-0.1, -0.05) is 26.0 Å². The Morgan fingerprint density at radius 1 is 1.29 bits per heavy atom. The third-order valence-electron chi connectivity index (χ3n) is 3.37. The summed E-state index contributed by atoms with van der Waals surface area (Å²) in [5.41, 5.74) is 1.84. The van der Waals surface area contributed by atoms with E-state index in [0.29, 0.717) is 17.9 Å². The molecule has 0 radical (unpaired) electrons. The van der Waals surface area contributed by atoms with Crippen molar-refractivity contribution in [1.29, 1.82) is 0 Å². The third-order valence-corrected chi connectivity index (χ3v) is 5.70. The molecule has 0 spiro atoms. The van der Waals surface area contributed by atoms with Crippen molar-refractivity contribution in [2.24, 2.45) is 0 Å². The van der Waals surface area contributed by atoms with E-state index in [0.717, 1.165) is 23.3 Å². The number of hydrogen-bond donors (Lipinski definition) is 2. The second kappa shape index (κ2) is 8.78. The lowest BCUT2D eigenvalue weighted by molar-refractivity contribution is 0.557. The molecule has 0 aliphatic heterocycles. The highest BCUT2D eigenvalue weighted by Gasteiger charge is 2.21. The van der Waals surface area contributed by atoms with Crippen LogP contribution in [0.3, 0.4) is 0 Å². The molecule has 1 atom stereocenters. The number of benzene rings is 1. The highest BCUT2D eigenvalue weighted by Crippen LogP contribution is 2.20. The Morgan fingerprint density at radius 3 is 2.52 bits per heavy atom. The molecule has 0 heterocycles. The quantitative estimate of drug-likeness (QED) is 0.730. The maximum atomic E-state index is 12.7. The Hall–Kier alpha value is -0.560. The van der Waals surface area contributed by atoms with E-state index in [-0.39, 0.29) is 6.04 Å². The lowest BCUT2D eigenvalue weighted by Gasteiger charge is -2.18. The molecule has 6 heteroatoms. The van der Waals surface area contributed by atoms with Crippen LogP contribution < -0.4 is 10.0 Å². The van der Waals surface area contributed by atoms with Crippen molar-refractivity contribution < 1.29 is 8.42 Å². The fourth-order valence-electron chi connectivity index (χ4n) is 2.17. The van der Waals surface area contributed by atoms with Crippen LogP contribution in [-0.2, 0) is 23.0 Å². The Labute approximate surface area is 133 Å². The first-order valence-corrected chi connectivity index (χ1v) is 10.1. The molecule has 0 aliphatic carbocycles. The van der Waals surface area contributed by atoms with Crippen molar-refractivity contribution >= 4 is 21.8 Å². The monoisotopic (exact) mass is 330 g/mol. The molecule has 0 saturated heterocycles. The molecule has 0 saturated carbocycles. The van der Waals surface area contributed by atoms with Crippen molar-refractivity contribution in [3.05, 3.63) is 29.3 Å². The summed E-state index contributed by atoms with van der Waals surface area (Å²) < 4.78 is 28.2. The van der Waals surface area contributed by atoms with Crippen LogP contribution in [0.4, 0.5) is 0 Å². The van der Waals surface area contributed by atoms with Gasteiger partial charge >= 0.3 is 0 Å². The molecule has 1 aromatic carbocycles. The molecule has 0 amide bonds. The van der Waals surface area contributed by atoms with Crippen molar-refractivity contribution in [2.45, 2.75) is 44.2 Å². The summed E-state index contributed by atoms with van der Waals surface area (Å²) in [7, 11) is -1.62. The van der Waals surface area contributed by atoms with E-state index >= 15 is 0 Å². The van der Waals surface area contributed by atoms with Gasteiger partial charge in [-0.05, 0) is 43.3 Å². The zero-order chi connectivity index (χ0) is 15.9. The minimum absolute atomic E-state index is 0.0253. The number of thioether (sulfide) groups is 1. The van der Waals surface area contributed by atoms with Crippen LogP contribution in [0.15, 0.2) is 23.1 Å². The summed E-state index contributed by atoms with van der Waals surface area (Å²) >= 11 is 1.65. The number of nitrogens with one attached hydrogen (secondary N) is 2. The lowest BCUT2D eigenvalue weighted by Crippen LogP contribution is -2.36. The normalized spacial score (nSPS) is 13.3. The van der Waals surface area contributed by atoms with E-state index < -0.39 is 10.0 Å². The highest BCUT2D eigenvalue weighted by atomic mass is 32.2. The Bertz CT molecular complexity index is 545. The standard InChI is InChI=1S/C15H26N2O2S2/c1-5-13-8-7-12(10-16-3)9-15(13)21(18,19)17-14(6-2)11-20-4/h7-9,14,16-17H,5-6,10-11H2,1-4H3. The zero-order valence-electron chi connectivity index (χ0n) is 13.3. The van der Waals surface area contributed by atoms with Crippen LogP contribution in [0.25, 0.3) is 0 Å². The average molecular weight is 331 g/mol. The fraction of sp³-hybridized carbons (Fsp3) is 0.600. The number of hydrogen-bond acceptors (Lipinski definition) is 4. The van der Waals surface area contributed by atoms with E-state index in [1.807, 2.05) is 39.3 Å². The Morgan fingerprint density at radius 2 is 2.00 bits per heavy atom. The van der Waals surface area contributed by atoms with Gasteiger partial charge in [-0.15, -0.1) is 0 Å². The van der Waals surface area contributed by atoms with Gasteiger partial charge in [-0.25, -0.2) is 13.1 Å². The summed E-state index contributed by atoms with van der Waals surface area (Å²) in [6.45, 7) is 4.64. The molecular weight excluding hydrogens is 304 g/mol. The van der Waals surface area contributed by atoms with Crippen LogP contribution in [0.1, 0.15) is 31.4 Å². The van der Waals surface area contributed by atoms with Gasteiger partial charge in [-0.3, -0.25) is 0 Å². The SMILES string of the molecule is CCc1ccc(CNC)cc1S(=O)(=O)NC(CC)CSC. The molecule has 1 unspecified atom stereocenters. The lowest BCUT2D eigenvalue weighted by atomic mass is 10.1. The molecular formula is C15H26N2O2S2. The van der Waals surface area contributed by atoms with Gasteiger partial charge in [0.05, 0.1) is 4.90 Å². The van der Waals surface area contributed by atoms with Gasteiger partial charge in [0.25, 0.3) is 0 Å². The van der Waals surface area contributed by atoms with Crippen LogP contribution in [0, 0.1) is 0 Å². The van der Waals surface area contributed by atoms with Gasteiger partial charge in [-0.2, -0.15) is 11.8 Å². The molecule has 1 rings (SSSR count). The molecule has 0 aliphatic rings. The Balaban J connectivity index is 3.12. The number of aryl methyl sites for hydroxylation is 1. The average Bonchev–Trinajstić information content (AvgIpc) is 2.47. The smallest absolute Gasteiger partial charge is 0.241 e. The molecule has 0 fully saturated rings. The molecule has 4 nitrogen and oxygen atoms in total. The van der Waals surface area contributed by atoms with Gasteiger partial charge in [0.1, 0.15) is 0 Å². The number of sulfonamides is 1. The van der Waals surface area contributed by atoms with Gasteiger partial charge in [0, 0.05) is 18.3 Å². The molecule has 0 aromatic heterocycles. The van der Waals surface area contributed by atoms with Crippen molar-refractivity contribution in [3.8, 4) is 0 Å². The highest BCUT2D eigenvalue weighted by molar-refractivity contribution is 7.98. The predicted octanol–water partition coefficient (Wildman–Crippen LogP) is 2.39. The second-order valence-corrected chi connectivity index (χ2v) is 7.60. The Kier molecular flexibility index (Phi) is 7.73. The van der Waals surface area contributed by atoms with Gasteiger partial charge in [0.2, 0.25) is 10.0 Å². The molecule has 1 aromatic rings. The van der Waals surface area contributed by atoms with E-state index in [1.54, 1.807) is 17.8 Å². The third kappa shape index (κ3) is 5.29. The maximum absolute atomic E-state index is 12.7. The van der Waals surface area contributed by atoms with E-state index in [2.05, 4.69) is 10.0 Å². The van der Waals surface area contributed by atoms with Crippen molar-refractivity contribution in [3.63, 3.8) is 0 Å². The summed E-state index contributed by atoms with van der Waals surface area (Å²) in [4.78, 5) is 0.414. The summed E-state index contributed by atoms with van der Waals surface area (Å²) in [6.07, 6.45) is 3.48. The van der Waals surface area contributed by atoms with E-state index in [4.69, 9.17) is 0 Å². The van der Waals surface area contributed by atoms with Crippen LogP contribution >= 0.6 is 11.8 Å². The summed E-state index contributed by atoms with van der Waals surface area (Å²) in [6, 6.07) is 5.65. The minimum atomic E-state index is -3.47. The van der Waals surface area contributed by atoms with E-state index in [9.17, 15) is 8.42 Å². The largest absolute Gasteiger partial charge is 0.316 e. The first-order chi connectivity index (χ1) is 9.98. The van der Waals surface area contributed by atoms with Crippen LogP contribution in [-0.4, -0.2) is 33.5 Å². The van der Waals surface area contributed by atoms with Crippen molar-refractivity contribution in [2.75, 3.05) is 19.1 Å².